The van der Waals surface area contributed by atoms with E-state index in [-0.39, 0.29) is 11.8 Å². The van der Waals surface area contributed by atoms with Gasteiger partial charge in [-0.1, -0.05) is 23.2 Å². The second-order valence-electron chi connectivity index (χ2n) is 5.36. The van der Waals surface area contributed by atoms with Crippen LogP contribution in [-0.4, -0.2) is 42.5 Å². The van der Waals surface area contributed by atoms with Gasteiger partial charge in [0, 0.05) is 30.3 Å². The molecule has 1 atom stereocenters. The number of piperidine rings is 1. The van der Waals surface area contributed by atoms with Gasteiger partial charge in [-0.05, 0) is 44.9 Å². The van der Waals surface area contributed by atoms with Crippen molar-refractivity contribution in [1.29, 1.82) is 0 Å². The van der Waals surface area contributed by atoms with Gasteiger partial charge >= 0.3 is 0 Å². The number of likely N-dealkylation sites (tertiary alicyclic amines) is 1. The Bertz CT molecular complexity index is 499. The standard InChI is InChI=1S/C16H21Cl2NO2/c1-3-21-13-6-8-19(9-7-13)11(2)16(20)14-5-4-12(17)10-15(14)18/h4-5,10-11,13H,3,6-9H2,1-2H3. The molecule has 116 valence electrons. The van der Waals surface area contributed by atoms with Crippen molar-refractivity contribution < 1.29 is 9.53 Å². The van der Waals surface area contributed by atoms with Gasteiger partial charge in [0.2, 0.25) is 0 Å². The summed E-state index contributed by atoms with van der Waals surface area (Å²) in [5.74, 6) is 0.0477. The van der Waals surface area contributed by atoms with E-state index < -0.39 is 0 Å². The molecular formula is C16H21Cl2NO2. The highest BCUT2D eigenvalue weighted by atomic mass is 35.5. The number of rotatable bonds is 5. The van der Waals surface area contributed by atoms with E-state index in [0.717, 1.165) is 32.5 Å². The molecule has 1 aromatic rings. The molecule has 0 aromatic heterocycles. The first-order valence-corrected chi connectivity index (χ1v) is 8.13. The van der Waals surface area contributed by atoms with Crippen molar-refractivity contribution in [2.75, 3.05) is 19.7 Å². The summed E-state index contributed by atoms with van der Waals surface area (Å²) in [6.45, 7) is 6.46. The Hall–Kier alpha value is -0.610. The monoisotopic (exact) mass is 329 g/mol. The number of nitrogens with zero attached hydrogens (tertiary/aromatic N) is 1. The Labute approximate surface area is 136 Å². The van der Waals surface area contributed by atoms with Gasteiger partial charge in [-0.15, -0.1) is 0 Å². The van der Waals surface area contributed by atoms with Crippen molar-refractivity contribution in [3.05, 3.63) is 33.8 Å². The van der Waals surface area contributed by atoms with E-state index in [1.807, 2.05) is 13.8 Å². The molecule has 3 nitrogen and oxygen atoms in total. The van der Waals surface area contributed by atoms with Gasteiger partial charge in [-0.3, -0.25) is 9.69 Å². The molecule has 21 heavy (non-hydrogen) atoms. The second kappa shape index (κ2) is 7.59. The van der Waals surface area contributed by atoms with Crippen molar-refractivity contribution in [3.63, 3.8) is 0 Å². The molecule has 1 fully saturated rings. The van der Waals surface area contributed by atoms with Crippen LogP contribution in [0, 0.1) is 0 Å². The molecule has 0 saturated carbocycles. The average molecular weight is 330 g/mol. The number of Topliss-reactive ketones (excluding diaryl/α,β-unsaturated/α-hetero) is 1. The molecule has 0 amide bonds. The van der Waals surface area contributed by atoms with Crippen LogP contribution in [0.2, 0.25) is 10.0 Å². The lowest BCUT2D eigenvalue weighted by molar-refractivity contribution is 0.00677. The minimum atomic E-state index is -0.175. The number of halogens is 2. The number of ether oxygens (including phenoxy) is 1. The van der Waals surface area contributed by atoms with Crippen LogP contribution >= 0.6 is 23.2 Å². The molecule has 1 aliphatic rings. The van der Waals surface area contributed by atoms with Crippen LogP contribution in [-0.2, 0) is 4.74 Å². The molecule has 0 bridgehead atoms. The zero-order chi connectivity index (χ0) is 15.4. The Kier molecular flexibility index (Phi) is 6.06. The van der Waals surface area contributed by atoms with E-state index in [9.17, 15) is 4.79 Å². The highest BCUT2D eigenvalue weighted by Gasteiger charge is 2.28. The van der Waals surface area contributed by atoms with Crippen LogP contribution in [0.25, 0.3) is 0 Å². The number of benzene rings is 1. The van der Waals surface area contributed by atoms with E-state index in [1.54, 1.807) is 18.2 Å². The first-order valence-electron chi connectivity index (χ1n) is 7.37. The topological polar surface area (TPSA) is 29.5 Å². The van der Waals surface area contributed by atoms with Gasteiger partial charge < -0.3 is 4.74 Å². The van der Waals surface area contributed by atoms with Crippen LogP contribution in [0.4, 0.5) is 0 Å². The van der Waals surface area contributed by atoms with Gasteiger partial charge in [-0.2, -0.15) is 0 Å². The molecule has 1 aromatic carbocycles. The number of carbonyl (C=O) groups is 1. The number of carbonyl (C=O) groups excluding carboxylic acids is 1. The fourth-order valence-electron chi connectivity index (χ4n) is 2.75. The molecule has 5 heteroatoms. The minimum absolute atomic E-state index is 0.0477. The highest BCUT2D eigenvalue weighted by molar-refractivity contribution is 6.37. The van der Waals surface area contributed by atoms with Crippen molar-refractivity contribution in [1.82, 2.24) is 4.90 Å². The van der Waals surface area contributed by atoms with Crippen LogP contribution in [0.3, 0.4) is 0 Å². The second-order valence-corrected chi connectivity index (χ2v) is 6.20. The van der Waals surface area contributed by atoms with E-state index in [0.29, 0.717) is 21.7 Å². The first-order chi connectivity index (χ1) is 10.0. The largest absolute Gasteiger partial charge is 0.378 e. The minimum Gasteiger partial charge on any atom is -0.378 e. The molecule has 0 aliphatic carbocycles. The maximum Gasteiger partial charge on any atom is 0.181 e. The van der Waals surface area contributed by atoms with E-state index in [2.05, 4.69) is 4.90 Å². The quantitative estimate of drug-likeness (QED) is 0.763. The first kappa shape index (κ1) is 16.8. The van der Waals surface area contributed by atoms with E-state index in [1.165, 1.54) is 0 Å². The lowest BCUT2D eigenvalue weighted by Gasteiger charge is -2.35. The molecule has 1 heterocycles. The third-order valence-electron chi connectivity index (χ3n) is 4.00. The van der Waals surface area contributed by atoms with Crippen molar-refractivity contribution in [2.45, 2.75) is 38.8 Å². The SMILES string of the molecule is CCOC1CCN(C(C)C(=O)c2ccc(Cl)cc2Cl)CC1. The normalized spacial score (nSPS) is 18.7. The molecule has 0 N–H and O–H groups in total. The van der Waals surface area contributed by atoms with Crippen molar-refractivity contribution >= 4 is 29.0 Å². The van der Waals surface area contributed by atoms with Gasteiger partial charge in [0.1, 0.15) is 0 Å². The summed E-state index contributed by atoms with van der Waals surface area (Å²) in [4.78, 5) is 14.8. The Morgan fingerprint density at radius 1 is 1.38 bits per heavy atom. The van der Waals surface area contributed by atoms with Crippen LogP contribution in [0.15, 0.2) is 18.2 Å². The summed E-state index contributed by atoms with van der Waals surface area (Å²) in [5, 5.41) is 0.963. The van der Waals surface area contributed by atoms with Crippen LogP contribution in [0.1, 0.15) is 37.0 Å². The van der Waals surface area contributed by atoms with E-state index >= 15 is 0 Å². The Balaban J connectivity index is 2.00. The average Bonchev–Trinajstić information content (AvgIpc) is 2.47. The summed E-state index contributed by atoms with van der Waals surface area (Å²) in [5.41, 5.74) is 0.542. The molecule has 1 aliphatic heterocycles. The number of ketones is 1. The van der Waals surface area contributed by atoms with E-state index in [4.69, 9.17) is 27.9 Å². The fourth-order valence-corrected chi connectivity index (χ4v) is 3.25. The summed E-state index contributed by atoms with van der Waals surface area (Å²) in [6, 6.07) is 4.85. The maximum atomic E-state index is 12.6. The smallest absolute Gasteiger partial charge is 0.181 e. The summed E-state index contributed by atoms with van der Waals surface area (Å²) >= 11 is 12.0. The number of hydrogen-bond acceptors (Lipinski definition) is 3. The lowest BCUT2D eigenvalue weighted by atomic mass is 10.0. The van der Waals surface area contributed by atoms with Crippen molar-refractivity contribution in [2.24, 2.45) is 0 Å². The Morgan fingerprint density at radius 2 is 2.05 bits per heavy atom. The predicted molar refractivity (Wildman–Crippen MR) is 86.5 cm³/mol. The Morgan fingerprint density at radius 3 is 2.62 bits per heavy atom. The zero-order valence-corrected chi connectivity index (χ0v) is 14.0. The van der Waals surface area contributed by atoms with Crippen LogP contribution < -0.4 is 0 Å². The molecule has 0 radical (unpaired) electrons. The number of hydrogen-bond donors (Lipinski definition) is 0. The highest BCUT2D eigenvalue weighted by Crippen LogP contribution is 2.24. The maximum absolute atomic E-state index is 12.6. The van der Waals surface area contributed by atoms with Gasteiger partial charge in [0.05, 0.1) is 17.2 Å². The van der Waals surface area contributed by atoms with Crippen LogP contribution in [0.5, 0.6) is 0 Å². The van der Waals surface area contributed by atoms with Gasteiger partial charge in [0.15, 0.2) is 5.78 Å². The molecule has 1 unspecified atom stereocenters. The third-order valence-corrected chi connectivity index (χ3v) is 4.55. The third kappa shape index (κ3) is 4.19. The zero-order valence-electron chi connectivity index (χ0n) is 12.4. The van der Waals surface area contributed by atoms with Crippen molar-refractivity contribution in [3.8, 4) is 0 Å². The van der Waals surface area contributed by atoms with Gasteiger partial charge in [-0.25, -0.2) is 0 Å². The fraction of sp³-hybridized carbons (Fsp3) is 0.562. The summed E-state index contributed by atoms with van der Waals surface area (Å²) in [7, 11) is 0. The summed E-state index contributed by atoms with van der Waals surface area (Å²) < 4.78 is 5.64. The molecular weight excluding hydrogens is 309 g/mol. The lowest BCUT2D eigenvalue weighted by Crippen LogP contribution is -2.45. The summed E-state index contributed by atoms with van der Waals surface area (Å²) in [6.07, 6.45) is 2.27. The molecule has 2 rings (SSSR count). The van der Waals surface area contributed by atoms with Gasteiger partial charge in [0.25, 0.3) is 0 Å². The molecule has 1 saturated heterocycles. The predicted octanol–water partition coefficient (Wildman–Crippen LogP) is 4.07. The molecule has 0 spiro atoms.